The second kappa shape index (κ2) is 3.68. The van der Waals surface area contributed by atoms with E-state index in [1.165, 1.54) is 0 Å². The van der Waals surface area contributed by atoms with E-state index in [1.54, 1.807) is 0 Å². The molecule has 0 aliphatic carbocycles. The van der Waals surface area contributed by atoms with Crippen molar-refractivity contribution in [2.24, 2.45) is 5.11 Å². The summed E-state index contributed by atoms with van der Waals surface area (Å²) in [5, 5.41) is 3.08. The molecular formula is C5H4F2N4O. The molecule has 12 heavy (non-hydrogen) atoms. The summed E-state index contributed by atoms with van der Waals surface area (Å²) in [5.74, 6) is -0.539. The Morgan fingerprint density at radius 2 is 2.50 bits per heavy atom. The average molecular weight is 174 g/mol. The fraction of sp³-hybridized carbons (Fsp3) is 0.400. The van der Waals surface area contributed by atoms with Crippen molar-refractivity contribution in [3.05, 3.63) is 28.3 Å². The van der Waals surface area contributed by atoms with Crippen LogP contribution in [0, 0.1) is 0 Å². The Morgan fingerprint density at radius 1 is 1.75 bits per heavy atom. The third kappa shape index (κ3) is 1.70. The molecule has 0 N–H and O–H groups in total. The molecular weight excluding hydrogens is 170 g/mol. The lowest BCUT2D eigenvalue weighted by molar-refractivity contribution is 0.120. The summed E-state index contributed by atoms with van der Waals surface area (Å²) in [6.45, 7) is -0.216. The molecule has 1 rings (SSSR count). The summed E-state index contributed by atoms with van der Waals surface area (Å²) >= 11 is 0. The van der Waals surface area contributed by atoms with Gasteiger partial charge >= 0.3 is 0 Å². The topological polar surface area (TPSA) is 74.8 Å². The summed E-state index contributed by atoms with van der Waals surface area (Å²) in [7, 11) is 0. The van der Waals surface area contributed by atoms with E-state index in [0.29, 0.717) is 0 Å². The summed E-state index contributed by atoms with van der Waals surface area (Å²) in [6.07, 6.45) is -1.83. The van der Waals surface area contributed by atoms with Crippen molar-refractivity contribution < 1.29 is 13.2 Å². The smallest absolute Gasteiger partial charge is 0.297 e. The van der Waals surface area contributed by atoms with Gasteiger partial charge < -0.3 is 4.42 Å². The van der Waals surface area contributed by atoms with Crippen LogP contribution >= 0.6 is 0 Å². The molecule has 7 heteroatoms. The SMILES string of the molecule is [N-]=[N+]=NCc1ncoc1C(F)F. The Balaban J connectivity index is 2.83. The molecule has 1 aromatic rings. The average Bonchev–Trinajstić information content (AvgIpc) is 2.48. The number of hydrogen-bond acceptors (Lipinski definition) is 3. The minimum Gasteiger partial charge on any atom is -0.442 e. The first kappa shape index (κ1) is 8.48. The lowest BCUT2D eigenvalue weighted by Gasteiger charge is -1.93. The summed E-state index contributed by atoms with van der Waals surface area (Å²) in [6, 6.07) is 0. The van der Waals surface area contributed by atoms with E-state index in [9.17, 15) is 8.78 Å². The lowest BCUT2D eigenvalue weighted by Crippen LogP contribution is -1.89. The molecule has 0 amide bonds. The Hall–Kier alpha value is -1.62. The Labute approximate surface area is 65.6 Å². The summed E-state index contributed by atoms with van der Waals surface area (Å²) in [4.78, 5) is 5.87. The number of hydrogen-bond donors (Lipinski definition) is 0. The monoisotopic (exact) mass is 174 g/mol. The molecule has 0 unspecified atom stereocenters. The Bertz CT molecular complexity index is 304. The zero-order valence-corrected chi connectivity index (χ0v) is 5.81. The van der Waals surface area contributed by atoms with E-state index < -0.39 is 12.2 Å². The molecule has 0 aromatic carbocycles. The van der Waals surface area contributed by atoms with Gasteiger partial charge in [0.1, 0.15) is 0 Å². The second-order valence-electron chi connectivity index (χ2n) is 1.85. The van der Waals surface area contributed by atoms with Crippen LogP contribution in [0.25, 0.3) is 10.4 Å². The first-order valence-corrected chi connectivity index (χ1v) is 2.97. The van der Waals surface area contributed by atoms with Crippen LogP contribution in [0.4, 0.5) is 8.78 Å². The number of azide groups is 1. The van der Waals surface area contributed by atoms with Gasteiger partial charge in [0, 0.05) is 4.91 Å². The highest BCUT2D eigenvalue weighted by atomic mass is 19.3. The van der Waals surface area contributed by atoms with Crippen LogP contribution in [0.15, 0.2) is 15.9 Å². The van der Waals surface area contributed by atoms with Crippen molar-refractivity contribution in [3.63, 3.8) is 0 Å². The van der Waals surface area contributed by atoms with Crippen LogP contribution in [-0.4, -0.2) is 4.98 Å². The fourth-order valence-corrected chi connectivity index (χ4v) is 0.673. The maximum Gasteiger partial charge on any atom is 0.297 e. The Kier molecular flexibility index (Phi) is 2.60. The van der Waals surface area contributed by atoms with Gasteiger partial charge in [-0.05, 0) is 5.53 Å². The standard InChI is InChI=1S/C5H4F2N4O/c6-5(7)4-3(1-10-11-8)9-2-12-4/h2,5H,1H2. The molecule has 1 heterocycles. The van der Waals surface area contributed by atoms with E-state index >= 15 is 0 Å². The Morgan fingerprint density at radius 3 is 3.08 bits per heavy atom. The third-order valence-corrected chi connectivity index (χ3v) is 1.15. The van der Waals surface area contributed by atoms with Crippen LogP contribution < -0.4 is 0 Å². The van der Waals surface area contributed by atoms with Crippen molar-refractivity contribution in [1.29, 1.82) is 0 Å². The van der Waals surface area contributed by atoms with Crippen LogP contribution in [0.1, 0.15) is 17.9 Å². The number of alkyl halides is 2. The molecule has 5 nitrogen and oxygen atoms in total. The molecule has 0 fully saturated rings. The van der Waals surface area contributed by atoms with Gasteiger partial charge in [-0.1, -0.05) is 5.11 Å². The summed E-state index contributed by atoms with van der Waals surface area (Å²) < 4.78 is 28.4. The van der Waals surface area contributed by atoms with Gasteiger partial charge in [0.25, 0.3) is 6.43 Å². The van der Waals surface area contributed by atoms with E-state index in [0.717, 1.165) is 6.39 Å². The molecule has 0 bridgehead atoms. The number of halogens is 2. The van der Waals surface area contributed by atoms with Crippen molar-refractivity contribution in [3.8, 4) is 0 Å². The molecule has 0 aliphatic heterocycles. The number of rotatable bonds is 3. The number of aromatic nitrogens is 1. The van der Waals surface area contributed by atoms with Gasteiger partial charge in [-0.3, -0.25) is 0 Å². The number of oxazole rings is 1. The van der Waals surface area contributed by atoms with Crippen molar-refractivity contribution in [2.45, 2.75) is 13.0 Å². The predicted octanol–water partition coefficient (Wildman–Crippen LogP) is 2.42. The van der Waals surface area contributed by atoms with E-state index in [-0.39, 0.29) is 12.2 Å². The van der Waals surface area contributed by atoms with Crippen molar-refractivity contribution in [2.75, 3.05) is 0 Å². The van der Waals surface area contributed by atoms with Gasteiger partial charge in [0.15, 0.2) is 12.2 Å². The molecule has 0 spiro atoms. The van der Waals surface area contributed by atoms with Crippen LogP contribution in [-0.2, 0) is 6.54 Å². The quantitative estimate of drug-likeness (QED) is 0.400. The molecule has 64 valence electrons. The van der Waals surface area contributed by atoms with Gasteiger partial charge in [-0.15, -0.1) is 0 Å². The third-order valence-electron chi connectivity index (χ3n) is 1.15. The molecule has 0 atom stereocenters. The molecule has 1 aromatic heterocycles. The highest BCUT2D eigenvalue weighted by molar-refractivity contribution is 5.07. The second-order valence-corrected chi connectivity index (χ2v) is 1.85. The highest BCUT2D eigenvalue weighted by Gasteiger charge is 2.17. The van der Waals surface area contributed by atoms with Gasteiger partial charge in [0.2, 0.25) is 0 Å². The van der Waals surface area contributed by atoms with E-state index in [1.807, 2.05) is 0 Å². The molecule has 0 radical (unpaired) electrons. The van der Waals surface area contributed by atoms with Gasteiger partial charge in [-0.25, -0.2) is 13.8 Å². The zero-order chi connectivity index (χ0) is 8.97. The van der Waals surface area contributed by atoms with E-state index in [2.05, 4.69) is 19.4 Å². The minimum atomic E-state index is -2.73. The summed E-state index contributed by atoms with van der Waals surface area (Å²) in [5.41, 5.74) is 7.88. The van der Waals surface area contributed by atoms with Crippen LogP contribution in [0.5, 0.6) is 0 Å². The normalized spacial score (nSPS) is 9.92. The fourth-order valence-electron chi connectivity index (χ4n) is 0.673. The van der Waals surface area contributed by atoms with Gasteiger partial charge in [0.05, 0.1) is 12.2 Å². The first-order valence-electron chi connectivity index (χ1n) is 2.97. The lowest BCUT2D eigenvalue weighted by atomic mass is 10.3. The largest absolute Gasteiger partial charge is 0.442 e. The van der Waals surface area contributed by atoms with E-state index in [4.69, 9.17) is 5.53 Å². The zero-order valence-electron chi connectivity index (χ0n) is 5.81. The van der Waals surface area contributed by atoms with Crippen LogP contribution in [0.3, 0.4) is 0 Å². The van der Waals surface area contributed by atoms with Crippen LogP contribution in [0.2, 0.25) is 0 Å². The maximum atomic E-state index is 12.0. The van der Waals surface area contributed by atoms with Crippen molar-refractivity contribution >= 4 is 0 Å². The van der Waals surface area contributed by atoms with Crippen molar-refractivity contribution in [1.82, 2.24) is 4.98 Å². The van der Waals surface area contributed by atoms with Gasteiger partial charge in [-0.2, -0.15) is 0 Å². The molecule has 0 saturated heterocycles. The maximum absolute atomic E-state index is 12.0. The predicted molar refractivity (Wildman–Crippen MR) is 34.3 cm³/mol. The molecule has 0 saturated carbocycles. The first-order chi connectivity index (χ1) is 5.75. The highest BCUT2D eigenvalue weighted by Crippen LogP contribution is 2.22. The minimum absolute atomic E-state index is 0.0252. The molecule has 0 aliphatic rings. The number of nitrogens with zero attached hydrogens (tertiary/aromatic N) is 4.